The number of morpholine rings is 1. The van der Waals surface area contributed by atoms with E-state index in [0.29, 0.717) is 28.9 Å². The molecule has 0 atom stereocenters. The van der Waals surface area contributed by atoms with E-state index in [2.05, 4.69) is 25.1 Å². The minimum Gasteiger partial charge on any atom is -0.378 e. The lowest BCUT2D eigenvalue weighted by Crippen LogP contribution is -2.36. The maximum absolute atomic E-state index is 12.5. The summed E-state index contributed by atoms with van der Waals surface area (Å²) in [6.45, 7) is 5.05. The van der Waals surface area contributed by atoms with Crippen molar-refractivity contribution >= 4 is 44.2 Å². The van der Waals surface area contributed by atoms with Gasteiger partial charge in [-0.1, -0.05) is 6.92 Å². The topological polar surface area (TPSA) is 96.5 Å². The Hall–Kier alpha value is -2.69. The molecule has 0 amide bonds. The van der Waals surface area contributed by atoms with Gasteiger partial charge in [-0.25, -0.2) is 8.42 Å². The molecule has 0 saturated carbocycles. The molecule has 8 nitrogen and oxygen atoms in total. The van der Waals surface area contributed by atoms with Crippen LogP contribution in [0, 0.1) is 0 Å². The molecule has 0 spiro atoms. The van der Waals surface area contributed by atoms with Crippen LogP contribution in [0.15, 0.2) is 52.9 Å². The Morgan fingerprint density at radius 3 is 2.53 bits per heavy atom. The van der Waals surface area contributed by atoms with Crippen LogP contribution in [0.1, 0.15) is 11.8 Å². The molecule has 0 unspecified atom stereocenters. The van der Waals surface area contributed by atoms with Crippen LogP contribution in [-0.2, 0) is 21.2 Å². The number of aromatic nitrogens is 2. The molecule has 0 aliphatic carbocycles. The van der Waals surface area contributed by atoms with Crippen LogP contribution in [0.2, 0.25) is 0 Å². The number of ether oxygens (including phenoxy) is 1. The molecule has 1 fully saturated rings. The van der Waals surface area contributed by atoms with Gasteiger partial charge in [-0.2, -0.15) is 5.10 Å². The molecule has 2 N–H and O–H groups in total. The van der Waals surface area contributed by atoms with Gasteiger partial charge in [0.05, 0.1) is 25.1 Å². The molecular formula is C20H23N5O3S2. The minimum absolute atomic E-state index is 0.316. The monoisotopic (exact) mass is 445 g/mol. The highest BCUT2D eigenvalue weighted by Gasteiger charge is 2.17. The highest BCUT2D eigenvalue weighted by atomic mass is 32.2. The standard InChI is InChI=1S/C20H23N5O3S2/c1-2-18-7-8-20(29-18)30(26,27)24-16-5-3-15(4-6-16)22-19-13-17(14-21-23-19)25-9-11-28-12-10-25/h3-8,13-14,24H,2,9-12H2,1H3,(H,22,23). The second-order valence-electron chi connectivity index (χ2n) is 6.78. The number of nitrogens with one attached hydrogen (secondary N) is 2. The zero-order valence-electron chi connectivity index (χ0n) is 16.5. The van der Waals surface area contributed by atoms with Crippen molar-refractivity contribution < 1.29 is 13.2 Å². The maximum Gasteiger partial charge on any atom is 0.271 e. The molecule has 3 heterocycles. The SMILES string of the molecule is CCc1ccc(S(=O)(=O)Nc2ccc(Nc3cc(N4CCOCC4)cnn3)cc2)s1. The summed E-state index contributed by atoms with van der Waals surface area (Å²) in [6, 6.07) is 12.5. The van der Waals surface area contributed by atoms with E-state index in [1.54, 1.807) is 36.5 Å². The third-order valence-electron chi connectivity index (χ3n) is 4.68. The van der Waals surface area contributed by atoms with Crippen molar-refractivity contribution in [1.29, 1.82) is 0 Å². The Balaban J connectivity index is 1.42. The van der Waals surface area contributed by atoms with E-state index in [1.807, 2.05) is 19.1 Å². The predicted octanol–water partition coefficient (Wildman–Crippen LogP) is 3.48. The van der Waals surface area contributed by atoms with E-state index >= 15 is 0 Å². The third kappa shape index (κ3) is 4.89. The molecule has 2 aromatic heterocycles. The number of benzene rings is 1. The number of hydrogen-bond acceptors (Lipinski definition) is 8. The number of anilines is 4. The van der Waals surface area contributed by atoms with E-state index in [-0.39, 0.29) is 0 Å². The molecule has 1 aliphatic rings. The normalized spacial score (nSPS) is 14.5. The van der Waals surface area contributed by atoms with Crippen molar-refractivity contribution in [1.82, 2.24) is 10.2 Å². The summed E-state index contributed by atoms with van der Waals surface area (Å²) in [4.78, 5) is 3.24. The Bertz CT molecular complexity index is 1090. The van der Waals surface area contributed by atoms with E-state index in [4.69, 9.17) is 4.74 Å². The number of sulfonamides is 1. The largest absolute Gasteiger partial charge is 0.378 e. The summed E-state index contributed by atoms with van der Waals surface area (Å²) >= 11 is 1.29. The molecular weight excluding hydrogens is 422 g/mol. The maximum atomic E-state index is 12.5. The van der Waals surface area contributed by atoms with Gasteiger partial charge in [0.15, 0.2) is 5.82 Å². The first kappa shape index (κ1) is 20.6. The Morgan fingerprint density at radius 1 is 1.10 bits per heavy atom. The highest BCUT2D eigenvalue weighted by molar-refractivity contribution is 7.94. The fourth-order valence-electron chi connectivity index (χ4n) is 3.08. The van der Waals surface area contributed by atoms with Gasteiger partial charge < -0.3 is 15.0 Å². The summed E-state index contributed by atoms with van der Waals surface area (Å²) in [5.41, 5.74) is 2.28. The van der Waals surface area contributed by atoms with Crippen molar-refractivity contribution in [3.05, 3.63) is 53.5 Å². The second-order valence-corrected chi connectivity index (χ2v) is 9.86. The van der Waals surface area contributed by atoms with Gasteiger partial charge in [0.2, 0.25) is 0 Å². The average Bonchev–Trinajstić information content (AvgIpc) is 3.26. The number of thiophene rings is 1. The van der Waals surface area contributed by atoms with Gasteiger partial charge in [0, 0.05) is 35.4 Å². The summed E-state index contributed by atoms with van der Waals surface area (Å²) in [6.07, 6.45) is 2.55. The zero-order chi connectivity index (χ0) is 21.0. The molecule has 1 saturated heterocycles. The van der Waals surface area contributed by atoms with E-state index in [0.717, 1.165) is 35.8 Å². The van der Waals surface area contributed by atoms with Crippen LogP contribution in [0.5, 0.6) is 0 Å². The number of aryl methyl sites for hydroxylation is 1. The fourth-order valence-corrected chi connectivity index (χ4v) is 5.43. The molecule has 0 bridgehead atoms. The van der Waals surface area contributed by atoms with Crippen molar-refractivity contribution in [3.63, 3.8) is 0 Å². The first-order valence-electron chi connectivity index (χ1n) is 9.67. The molecule has 1 aromatic carbocycles. The Morgan fingerprint density at radius 2 is 1.83 bits per heavy atom. The van der Waals surface area contributed by atoms with Crippen LogP contribution in [-0.4, -0.2) is 44.9 Å². The molecule has 1 aliphatic heterocycles. The average molecular weight is 446 g/mol. The summed E-state index contributed by atoms with van der Waals surface area (Å²) in [5, 5.41) is 11.4. The van der Waals surface area contributed by atoms with Crippen molar-refractivity contribution in [2.45, 2.75) is 17.6 Å². The van der Waals surface area contributed by atoms with Gasteiger partial charge in [-0.3, -0.25) is 4.72 Å². The lowest BCUT2D eigenvalue weighted by atomic mass is 10.3. The summed E-state index contributed by atoms with van der Waals surface area (Å²) < 4.78 is 33.4. The van der Waals surface area contributed by atoms with Crippen LogP contribution < -0.4 is 14.9 Å². The molecule has 158 valence electrons. The van der Waals surface area contributed by atoms with E-state index in [9.17, 15) is 8.42 Å². The van der Waals surface area contributed by atoms with Crippen LogP contribution >= 0.6 is 11.3 Å². The van der Waals surface area contributed by atoms with Crippen LogP contribution in [0.25, 0.3) is 0 Å². The first-order chi connectivity index (χ1) is 14.5. The first-order valence-corrected chi connectivity index (χ1v) is 12.0. The van der Waals surface area contributed by atoms with Crippen LogP contribution in [0.4, 0.5) is 22.9 Å². The number of nitrogens with zero attached hydrogens (tertiary/aromatic N) is 3. The fraction of sp³-hybridized carbons (Fsp3) is 0.300. The number of rotatable bonds is 7. The minimum atomic E-state index is -3.58. The van der Waals surface area contributed by atoms with E-state index < -0.39 is 10.0 Å². The van der Waals surface area contributed by atoms with Gasteiger partial charge in [-0.05, 0) is 42.8 Å². The second kappa shape index (κ2) is 8.99. The van der Waals surface area contributed by atoms with Crippen molar-refractivity contribution in [3.8, 4) is 0 Å². The Kier molecular flexibility index (Phi) is 6.16. The summed E-state index contributed by atoms with van der Waals surface area (Å²) in [5.74, 6) is 0.623. The Labute approximate surface area is 180 Å². The lowest BCUT2D eigenvalue weighted by molar-refractivity contribution is 0.122. The quantitative estimate of drug-likeness (QED) is 0.575. The zero-order valence-corrected chi connectivity index (χ0v) is 18.2. The highest BCUT2D eigenvalue weighted by Crippen LogP contribution is 2.26. The van der Waals surface area contributed by atoms with Gasteiger partial charge >= 0.3 is 0 Å². The molecule has 0 radical (unpaired) electrons. The summed E-state index contributed by atoms with van der Waals surface area (Å²) in [7, 11) is -3.58. The van der Waals surface area contributed by atoms with Crippen molar-refractivity contribution in [2.24, 2.45) is 0 Å². The third-order valence-corrected chi connectivity index (χ3v) is 7.78. The van der Waals surface area contributed by atoms with Crippen molar-refractivity contribution in [2.75, 3.05) is 41.2 Å². The predicted molar refractivity (Wildman–Crippen MR) is 119 cm³/mol. The molecule has 3 aromatic rings. The lowest BCUT2D eigenvalue weighted by Gasteiger charge is -2.28. The van der Waals surface area contributed by atoms with Gasteiger partial charge in [0.1, 0.15) is 4.21 Å². The molecule has 4 rings (SSSR count). The molecule has 30 heavy (non-hydrogen) atoms. The van der Waals surface area contributed by atoms with Crippen LogP contribution in [0.3, 0.4) is 0 Å². The van der Waals surface area contributed by atoms with Gasteiger partial charge in [-0.15, -0.1) is 16.4 Å². The van der Waals surface area contributed by atoms with Gasteiger partial charge in [0.25, 0.3) is 10.0 Å². The molecule has 10 heteroatoms. The number of hydrogen-bond donors (Lipinski definition) is 2. The smallest absolute Gasteiger partial charge is 0.271 e. The van der Waals surface area contributed by atoms with E-state index in [1.165, 1.54) is 11.3 Å².